The van der Waals surface area contributed by atoms with Gasteiger partial charge in [0.1, 0.15) is 4.88 Å². The van der Waals surface area contributed by atoms with Gasteiger partial charge in [0.05, 0.1) is 0 Å². The molecule has 0 aliphatic rings. The van der Waals surface area contributed by atoms with E-state index in [0.29, 0.717) is 17.3 Å². The lowest BCUT2D eigenvalue weighted by atomic mass is 10.1. The maximum Gasteiger partial charge on any atom is 0.346 e. The van der Waals surface area contributed by atoms with Gasteiger partial charge in [0.25, 0.3) is 0 Å². The van der Waals surface area contributed by atoms with Crippen molar-refractivity contribution in [1.29, 1.82) is 0 Å². The van der Waals surface area contributed by atoms with Crippen LogP contribution in [0.5, 0.6) is 0 Å². The predicted molar refractivity (Wildman–Crippen MR) is 84.6 cm³/mol. The quantitative estimate of drug-likeness (QED) is 0.872. The fourth-order valence-corrected chi connectivity index (χ4v) is 3.48. The molecule has 2 aromatic rings. The van der Waals surface area contributed by atoms with E-state index >= 15 is 0 Å². The van der Waals surface area contributed by atoms with E-state index in [1.54, 1.807) is 0 Å². The number of nitrogens with zero attached hydrogens (tertiary/aromatic N) is 1. The highest BCUT2D eigenvalue weighted by Crippen LogP contribution is 2.32. The molecule has 0 radical (unpaired) electrons. The Hall–Kier alpha value is -1.39. The van der Waals surface area contributed by atoms with E-state index in [2.05, 4.69) is 25.8 Å². The second kappa shape index (κ2) is 6.37. The second-order valence-corrected chi connectivity index (χ2v) is 6.47. The van der Waals surface area contributed by atoms with Crippen LogP contribution in [0.25, 0.3) is 10.1 Å². The summed E-state index contributed by atoms with van der Waals surface area (Å²) in [6.45, 7) is 6.08. The molecule has 1 unspecified atom stereocenters. The summed E-state index contributed by atoms with van der Waals surface area (Å²) in [6.07, 6.45) is 1.14. The molecule has 1 aromatic carbocycles. The summed E-state index contributed by atoms with van der Waals surface area (Å²) in [6, 6.07) is 7.94. The Bertz CT molecular complexity index is 606. The Labute approximate surface area is 123 Å². The molecule has 3 nitrogen and oxygen atoms in total. The van der Waals surface area contributed by atoms with Gasteiger partial charge in [-0.3, -0.25) is 0 Å². The maximum atomic E-state index is 11.4. The summed E-state index contributed by atoms with van der Waals surface area (Å²) in [7, 11) is 2.06. The minimum atomic E-state index is -0.821. The molecule has 0 aliphatic heterocycles. The lowest BCUT2D eigenvalue weighted by Gasteiger charge is -2.20. The first-order chi connectivity index (χ1) is 9.52. The van der Waals surface area contributed by atoms with E-state index in [1.807, 2.05) is 24.3 Å². The number of rotatable bonds is 6. The van der Waals surface area contributed by atoms with Gasteiger partial charge >= 0.3 is 5.97 Å². The molecule has 20 heavy (non-hydrogen) atoms. The maximum absolute atomic E-state index is 11.4. The Kier molecular flexibility index (Phi) is 4.78. The van der Waals surface area contributed by atoms with Gasteiger partial charge < -0.3 is 10.0 Å². The molecule has 0 amide bonds. The summed E-state index contributed by atoms with van der Waals surface area (Å²) < 4.78 is 1.05. The van der Waals surface area contributed by atoms with Crippen molar-refractivity contribution < 1.29 is 9.90 Å². The lowest BCUT2D eigenvalue weighted by molar-refractivity contribution is 0.0700. The van der Waals surface area contributed by atoms with Crippen LogP contribution >= 0.6 is 11.3 Å². The SMILES string of the molecule is CCC(C)CN(C)Cc1c(C(=O)O)sc2ccccc12. The van der Waals surface area contributed by atoms with Gasteiger partial charge in [0, 0.05) is 17.8 Å². The summed E-state index contributed by atoms with van der Waals surface area (Å²) in [5.74, 6) is -0.198. The third kappa shape index (κ3) is 3.19. The summed E-state index contributed by atoms with van der Waals surface area (Å²) >= 11 is 1.37. The van der Waals surface area contributed by atoms with Gasteiger partial charge in [0.15, 0.2) is 0 Å². The van der Waals surface area contributed by atoms with Crippen LogP contribution in [0.2, 0.25) is 0 Å². The van der Waals surface area contributed by atoms with Crippen LogP contribution in [0.3, 0.4) is 0 Å². The lowest BCUT2D eigenvalue weighted by Crippen LogP contribution is -2.24. The number of thiophene rings is 1. The Balaban J connectivity index is 2.32. The zero-order valence-corrected chi connectivity index (χ0v) is 13.0. The highest BCUT2D eigenvalue weighted by Gasteiger charge is 2.19. The number of aromatic carboxylic acids is 1. The molecule has 0 bridgehead atoms. The van der Waals surface area contributed by atoms with Crippen LogP contribution in [0.15, 0.2) is 24.3 Å². The number of carbonyl (C=O) groups is 1. The molecule has 0 saturated carbocycles. The molecular weight excluding hydrogens is 270 g/mol. The van der Waals surface area contributed by atoms with Gasteiger partial charge in [-0.1, -0.05) is 38.5 Å². The van der Waals surface area contributed by atoms with Crippen molar-refractivity contribution in [3.05, 3.63) is 34.7 Å². The van der Waals surface area contributed by atoms with Crippen LogP contribution < -0.4 is 0 Å². The highest BCUT2D eigenvalue weighted by molar-refractivity contribution is 7.21. The Morgan fingerprint density at radius 1 is 1.40 bits per heavy atom. The van der Waals surface area contributed by atoms with E-state index in [4.69, 9.17) is 0 Å². The van der Waals surface area contributed by atoms with Crippen molar-refractivity contribution >= 4 is 27.4 Å². The molecular formula is C16H21NO2S. The highest BCUT2D eigenvalue weighted by atomic mass is 32.1. The van der Waals surface area contributed by atoms with Crippen LogP contribution in [-0.2, 0) is 6.54 Å². The zero-order valence-electron chi connectivity index (χ0n) is 12.2. The van der Waals surface area contributed by atoms with E-state index in [1.165, 1.54) is 11.3 Å². The van der Waals surface area contributed by atoms with Crippen LogP contribution in [-0.4, -0.2) is 29.6 Å². The fourth-order valence-electron chi connectivity index (χ4n) is 2.42. The van der Waals surface area contributed by atoms with Crippen LogP contribution in [0.1, 0.15) is 35.5 Å². The molecule has 2 rings (SSSR count). The van der Waals surface area contributed by atoms with Gasteiger partial charge in [-0.25, -0.2) is 4.79 Å². The van der Waals surface area contributed by atoms with Gasteiger partial charge in [-0.05, 0) is 30.0 Å². The van der Waals surface area contributed by atoms with Crippen molar-refractivity contribution in [3.63, 3.8) is 0 Å². The van der Waals surface area contributed by atoms with E-state index in [9.17, 15) is 9.90 Å². The zero-order chi connectivity index (χ0) is 14.7. The molecule has 108 valence electrons. The summed E-state index contributed by atoms with van der Waals surface area (Å²) in [5.41, 5.74) is 0.948. The molecule has 1 N–H and O–H groups in total. The van der Waals surface area contributed by atoms with Crippen LogP contribution in [0, 0.1) is 5.92 Å². The van der Waals surface area contributed by atoms with Gasteiger partial charge in [0.2, 0.25) is 0 Å². The number of carboxylic acid groups (broad SMARTS) is 1. The van der Waals surface area contributed by atoms with Crippen LogP contribution in [0.4, 0.5) is 0 Å². The normalized spacial score (nSPS) is 13.0. The fraction of sp³-hybridized carbons (Fsp3) is 0.438. The summed E-state index contributed by atoms with van der Waals surface area (Å²) in [4.78, 5) is 14.1. The van der Waals surface area contributed by atoms with E-state index < -0.39 is 5.97 Å². The molecule has 1 heterocycles. The second-order valence-electron chi connectivity index (χ2n) is 5.42. The number of fused-ring (bicyclic) bond motifs is 1. The van der Waals surface area contributed by atoms with Gasteiger partial charge in [-0.2, -0.15) is 0 Å². The first-order valence-electron chi connectivity index (χ1n) is 6.95. The minimum Gasteiger partial charge on any atom is -0.477 e. The Morgan fingerprint density at radius 2 is 2.10 bits per heavy atom. The Morgan fingerprint density at radius 3 is 2.75 bits per heavy atom. The molecule has 0 aliphatic carbocycles. The average molecular weight is 291 g/mol. The van der Waals surface area contributed by atoms with Crippen molar-refractivity contribution in [2.45, 2.75) is 26.8 Å². The first kappa shape index (κ1) is 15.0. The standard InChI is InChI=1S/C16H21NO2S/c1-4-11(2)9-17(3)10-13-12-7-5-6-8-14(12)20-15(13)16(18)19/h5-8,11H,4,9-10H2,1-3H3,(H,18,19). The first-order valence-corrected chi connectivity index (χ1v) is 7.76. The van der Waals surface area contributed by atoms with E-state index in [-0.39, 0.29) is 0 Å². The minimum absolute atomic E-state index is 0.474. The van der Waals surface area contributed by atoms with Gasteiger partial charge in [-0.15, -0.1) is 11.3 Å². The number of hydrogen-bond donors (Lipinski definition) is 1. The predicted octanol–water partition coefficient (Wildman–Crippen LogP) is 4.08. The topological polar surface area (TPSA) is 40.5 Å². The smallest absolute Gasteiger partial charge is 0.346 e. The molecule has 0 fully saturated rings. The van der Waals surface area contributed by atoms with Crippen molar-refractivity contribution in [1.82, 2.24) is 4.90 Å². The molecule has 1 atom stereocenters. The summed E-state index contributed by atoms with van der Waals surface area (Å²) in [5, 5.41) is 10.5. The molecule has 4 heteroatoms. The van der Waals surface area contributed by atoms with Crippen molar-refractivity contribution in [2.24, 2.45) is 5.92 Å². The average Bonchev–Trinajstić information content (AvgIpc) is 2.78. The third-order valence-electron chi connectivity index (χ3n) is 3.64. The molecule has 0 spiro atoms. The number of benzene rings is 1. The number of carboxylic acids is 1. The monoisotopic (exact) mass is 291 g/mol. The molecule has 1 aromatic heterocycles. The van der Waals surface area contributed by atoms with Crippen molar-refractivity contribution in [2.75, 3.05) is 13.6 Å². The number of hydrogen-bond acceptors (Lipinski definition) is 3. The largest absolute Gasteiger partial charge is 0.477 e. The van der Waals surface area contributed by atoms with E-state index in [0.717, 1.165) is 28.6 Å². The third-order valence-corrected chi connectivity index (χ3v) is 4.84. The van der Waals surface area contributed by atoms with Crippen molar-refractivity contribution in [3.8, 4) is 0 Å². The molecule has 0 saturated heterocycles.